The molecule has 1 atom stereocenters. The van der Waals surface area contributed by atoms with Gasteiger partial charge in [-0.05, 0) is 19.9 Å². The van der Waals surface area contributed by atoms with Crippen LogP contribution in [0.5, 0.6) is 0 Å². The van der Waals surface area contributed by atoms with Crippen LogP contribution in [0.2, 0.25) is 0 Å². The minimum absolute atomic E-state index is 0.513. The smallest absolute Gasteiger partial charge is 0.00769 e. The van der Waals surface area contributed by atoms with Crippen molar-refractivity contribution < 1.29 is 0 Å². The van der Waals surface area contributed by atoms with Crippen molar-refractivity contribution in [2.75, 3.05) is 19.6 Å². The molecule has 9 heavy (non-hydrogen) atoms. The predicted octanol–water partition coefficient (Wildman–Crippen LogP) is -0.728. The van der Waals surface area contributed by atoms with E-state index in [0.717, 1.165) is 19.5 Å². The fraction of sp³-hybridized carbons (Fsp3) is 1.00. The average molecular weight is 131 g/mol. The fourth-order valence-corrected chi connectivity index (χ4v) is 0.682. The van der Waals surface area contributed by atoms with Gasteiger partial charge in [-0.25, -0.2) is 0 Å². The Morgan fingerprint density at radius 1 is 1.33 bits per heavy atom. The molecule has 3 heteroatoms. The average Bonchev–Trinajstić information content (AvgIpc) is 1.85. The van der Waals surface area contributed by atoms with Gasteiger partial charge in [-0.1, -0.05) is 0 Å². The Hall–Kier alpha value is -0.120. The summed E-state index contributed by atoms with van der Waals surface area (Å²) in [5, 5.41) is 3.23. The second kappa shape index (κ2) is 6.01. The number of nitrogens with two attached hydrogens (primary N) is 2. The molecule has 0 aromatic heterocycles. The van der Waals surface area contributed by atoms with E-state index in [0.29, 0.717) is 12.6 Å². The van der Waals surface area contributed by atoms with E-state index in [1.807, 2.05) is 0 Å². The lowest BCUT2D eigenvalue weighted by molar-refractivity contribution is 0.527. The highest BCUT2D eigenvalue weighted by atomic mass is 14.9. The second-order valence-corrected chi connectivity index (χ2v) is 2.22. The van der Waals surface area contributed by atoms with Gasteiger partial charge in [0.15, 0.2) is 0 Å². The molecule has 1 unspecified atom stereocenters. The van der Waals surface area contributed by atoms with Gasteiger partial charge < -0.3 is 16.8 Å². The van der Waals surface area contributed by atoms with Crippen molar-refractivity contribution in [2.45, 2.75) is 19.4 Å². The lowest BCUT2D eigenvalue weighted by Gasteiger charge is -2.10. The first-order chi connectivity index (χ1) is 4.31. The van der Waals surface area contributed by atoms with E-state index < -0.39 is 0 Å². The highest BCUT2D eigenvalue weighted by Crippen LogP contribution is 1.84. The number of hydrogen-bond acceptors (Lipinski definition) is 3. The van der Waals surface area contributed by atoms with Crippen LogP contribution < -0.4 is 16.8 Å². The van der Waals surface area contributed by atoms with Crippen LogP contribution in [-0.4, -0.2) is 25.7 Å². The lowest BCUT2D eigenvalue weighted by Crippen LogP contribution is -2.32. The highest BCUT2D eigenvalue weighted by Gasteiger charge is 1.95. The highest BCUT2D eigenvalue weighted by molar-refractivity contribution is 4.59. The minimum Gasteiger partial charge on any atom is -0.330 e. The summed E-state index contributed by atoms with van der Waals surface area (Å²) in [5.74, 6) is 0. The zero-order valence-corrected chi connectivity index (χ0v) is 6.06. The molecule has 0 bridgehead atoms. The van der Waals surface area contributed by atoms with Crippen LogP contribution >= 0.6 is 0 Å². The predicted molar refractivity (Wildman–Crippen MR) is 40.2 cm³/mol. The molecular weight excluding hydrogens is 114 g/mol. The Balaban J connectivity index is 2.95. The van der Waals surface area contributed by atoms with Crippen molar-refractivity contribution in [1.82, 2.24) is 5.32 Å². The molecule has 0 aromatic rings. The molecule has 0 fully saturated rings. The largest absolute Gasteiger partial charge is 0.330 e. The first-order valence-corrected chi connectivity index (χ1v) is 3.44. The van der Waals surface area contributed by atoms with Crippen molar-refractivity contribution in [3.63, 3.8) is 0 Å². The first-order valence-electron chi connectivity index (χ1n) is 3.44. The van der Waals surface area contributed by atoms with E-state index in [1.165, 1.54) is 0 Å². The Bertz CT molecular complexity index is 56.3. The monoisotopic (exact) mass is 131 g/mol. The van der Waals surface area contributed by atoms with Gasteiger partial charge in [0.05, 0.1) is 0 Å². The molecule has 0 saturated heterocycles. The van der Waals surface area contributed by atoms with Gasteiger partial charge >= 0.3 is 0 Å². The third-order valence-corrected chi connectivity index (χ3v) is 1.24. The van der Waals surface area contributed by atoms with Gasteiger partial charge in [-0.15, -0.1) is 0 Å². The summed E-state index contributed by atoms with van der Waals surface area (Å²) >= 11 is 0. The van der Waals surface area contributed by atoms with Gasteiger partial charge in [0, 0.05) is 19.1 Å². The first kappa shape index (κ1) is 8.88. The summed E-state index contributed by atoms with van der Waals surface area (Å²) in [6.45, 7) is 4.46. The minimum atomic E-state index is 0.513. The summed E-state index contributed by atoms with van der Waals surface area (Å²) in [6.07, 6.45) is 1.03. The molecule has 3 nitrogen and oxygen atoms in total. The Kier molecular flexibility index (Phi) is 5.93. The third-order valence-electron chi connectivity index (χ3n) is 1.24. The van der Waals surface area contributed by atoms with Crippen LogP contribution in [0.3, 0.4) is 0 Å². The Morgan fingerprint density at radius 2 is 2.00 bits per heavy atom. The molecular formula is C6H17N3. The Morgan fingerprint density at radius 3 is 2.44 bits per heavy atom. The molecule has 0 aliphatic carbocycles. The van der Waals surface area contributed by atoms with Gasteiger partial charge in [0.2, 0.25) is 0 Å². The zero-order chi connectivity index (χ0) is 7.11. The van der Waals surface area contributed by atoms with Crippen LogP contribution in [0.15, 0.2) is 0 Å². The van der Waals surface area contributed by atoms with Crippen LogP contribution in [0.4, 0.5) is 0 Å². The topological polar surface area (TPSA) is 64.1 Å². The van der Waals surface area contributed by atoms with Crippen molar-refractivity contribution in [1.29, 1.82) is 0 Å². The molecule has 56 valence electrons. The molecule has 0 amide bonds. The molecule has 0 radical (unpaired) electrons. The van der Waals surface area contributed by atoms with Crippen LogP contribution in [-0.2, 0) is 0 Å². The van der Waals surface area contributed by atoms with E-state index >= 15 is 0 Å². The van der Waals surface area contributed by atoms with E-state index in [9.17, 15) is 0 Å². The molecule has 0 rings (SSSR count). The van der Waals surface area contributed by atoms with Crippen molar-refractivity contribution in [3.8, 4) is 0 Å². The maximum atomic E-state index is 5.33. The van der Waals surface area contributed by atoms with Crippen LogP contribution in [0.25, 0.3) is 0 Å². The van der Waals surface area contributed by atoms with Crippen molar-refractivity contribution >= 4 is 0 Å². The molecule has 0 heterocycles. The summed E-state index contributed by atoms with van der Waals surface area (Å²) < 4.78 is 0. The maximum Gasteiger partial charge on any atom is 0.00769 e. The molecule has 0 spiro atoms. The molecule has 0 saturated carbocycles. The maximum absolute atomic E-state index is 5.33. The van der Waals surface area contributed by atoms with Gasteiger partial charge in [-0.3, -0.25) is 0 Å². The Labute approximate surface area is 56.8 Å². The lowest BCUT2D eigenvalue weighted by atomic mass is 10.2. The molecule has 0 aliphatic heterocycles. The third kappa shape index (κ3) is 5.76. The number of rotatable bonds is 5. The SMILES string of the molecule is CC(CCN)NCCN. The van der Waals surface area contributed by atoms with E-state index in [1.54, 1.807) is 0 Å². The van der Waals surface area contributed by atoms with Gasteiger partial charge in [0.1, 0.15) is 0 Å². The quantitative estimate of drug-likeness (QED) is 0.461. The van der Waals surface area contributed by atoms with E-state index in [4.69, 9.17) is 11.5 Å². The van der Waals surface area contributed by atoms with Crippen molar-refractivity contribution in [3.05, 3.63) is 0 Å². The molecule has 0 aromatic carbocycles. The number of nitrogens with one attached hydrogen (secondary N) is 1. The zero-order valence-electron chi connectivity index (χ0n) is 6.06. The molecule has 0 aliphatic rings. The van der Waals surface area contributed by atoms with E-state index in [-0.39, 0.29) is 0 Å². The second-order valence-electron chi connectivity index (χ2n) is 2.22. The normalized spacial score (nSPS) is 13.7. The molecule has 5 N–H and O–H groups in total. The van der Waals surface area contributed by atoms with Crippen LogP contribution in [0.1, 0.15) is 13.3 Å². The van der Waals surface area contributed by atoms with Crippen LogP contribution in [0, 0.1) is 0 Å². The summed E-state index contributed by atoms with van der Waals surface area (Å²) in [6, 6.07) is 0.513. The van der Waals surface area contributed by atoms with E-state index in [2.05, 4.69) is 12.2 Å². The summed E-state index contributed by atoms with van der Waals surface area (Å²) in [7, 11) is 0. The van der Waals surface area contributed by atoms with Gasteiger partial charge in [0.25, 0.3) is 0 Å². The fourth-order valence-electron chi connectivity index (χ4n) is 0.682. The summed E-state index contributed by atoms with van der Waals surface area (Å²) in [4.78, 5) is 0. The van der Waals surface area contributed by atoms with Gasteiger partial charge in [-0.2, -0.15) is 0 Å². The standard InChI is InChI=1S/C6H17N3/c1-6(2-3-7)9-5-4-8/h6,9H,2-5,7-8H2,1H3. The number of hydrogen-bond donors (Lipinski definition) is 3. The van der Waals surface area contributed by atoms with Crippen molar-refractivity contribution in [2.24, 2.45) is 11.5 Å². The summed E-state index contributed by atoms with van der Waals surface area (Å²) in [5.41, 5.74) is 10.6.